The topological polar surface area (TPSA) is 32.3 Å². The van der Waals surface area contributed by atoms with E-state index in [-0.39, 0.29) is 5.75 Å². The van der Waals surface area contributed by atoms with Gasteiger partial charge in [0.25, 0.3) is 0 Å². The number of nitrogens with one attached hydrogen (secondary N) is 1. The predicted molar refractivity (Wildman–Crippen MR) is 50.6 cm³/mol. The molecule has 0 heterocycles. The molecule has 0 saturated heterocycles. The molecule has 3 heteroatoms. The van der Waals surface area contributed by atoms with Gasteiger partial charge >= 0.3 is 0 Å². The van der Waals surface area contributed by atoms with Crippen LogP contribution in [-0.2, 0) is 6.54 Å². The summed E-state index contributed by atoms with van der Waals surface area (Å²) in [5.41, 5.74) is 1.94. The Kier molecular flexibility index (Phi) is 2.95. The molecule has 12 heavy (non-hydrogen) atoms. The number of hydrogen-bond donors (Lipinski definition) is 2. The van der Waals surface area contributed by atoms with Gasteiger partial charge in [-0.25, -0.2) is 0 Å². The Hall–Kier alpha value is -0.730. The summed E-state index contributed by atoms with van der Waals surface area (Å²) >= 11 is 5.78. The van der Waals surface area contributed by atoms with Crippen LogP contribution < -0.4 is 5.32 Å². The average Bonchev–Trinajstić information content (AvgIpc) is 2.01. The Labute approximate surface area is 77.2 Å². The van der Waals surface area contributed by atoms with Gasteiger partial charge in [0.1, 0.15) is 5.75 Å². The Bertz CT molecular complexity index is 263. The second-order valence-electron chi connectivity index (χ2n) is 2.78. The Morgan fingerprint density at radius 3 is 2.67 bits per heavy atom. The van der Waals surface area contributed by atoms with E-state index in [1.54, 1.807) is 6.07 Å². The van der Waals surface area contributed by atoms with Gasteiger partial charge in [0.05, 0.1) is 5.02 Å². The molecule has 0 aliphatic rings. The van der Waals surface area contributed by atoms with Crippen LogP contribution >= 0.6 is 11.6 Å². The predicted octanol–water partition coefficient (Wildman–Crippen LogP) is 2.07. The van der Waals surface area contributed by atoms with Crippen molar-refractivity contribution in [2.75, 3.05) is 7.05 Å². The molecule has 1 aromatic carbocycles. The first-order chi connectivity index (χ1) is 5.65. The summed E-state index contributed by atoms with van der Waals surface area (Å²) in [6.45, 7) is 2.62. The second kappa shape index (κ2) is 3.78. The third kappa shape index (κ3) is 1.90. The lowest BCUT2D eigenvalue weighted by atomic mass is 10.1. The first-order valence-corrected chi connectivity index (χ1v) is 4.15. The van der Waals surface area contributed by atoms with Crippen molar-refractivity contribution in [1.29, 1.82) is 0 Å². The largest absolute Gasteiger partial charge is 0.506 e. The fourth-order valence-electron chi connectivity index (χ4n) is 1.13. The van der Waals surface area contributed by atoms with E-state index < -0.39 is 0 Å². The molecule has 0 saturated carbocycles. The number of benzene rings is 1. The molecule has 1 aromatic rings. The number of aryl methyl sites for hydroxylation is 1. The summed E-state index contributed by atoms with van der Waals surface area (Å²) in [4.78, 5) is 0. The number of rotatable bonds is 2. The quantitative estimate of drug-likeness (QED) is 0.740. The fraction of sp³-hybridized carbons (Fsp3) is 0.333. The molecule has 0 unspecified atom stereocenters. The van der Waals surface area contributed by atoms with Crippen LogP contribution in [0.3, 0.4) is 0 Å². The molecule has 0 aliphatic carbocycles. The van der Waals surface area contributed by atoms with E-state index in [4.69, 9.17) is 11.6 Å². The van der Waals surface area contributed by atoms with Crippen LogP contribution in [0.25, 0.3) is 0 Å². The molecule has 2 N–H and O–H groups in total. The highest BCUT2D eigenvalue weighted by molar-refractivity contribution is 6.32. The third-order valence-electron chi connectivity index (χ3n) is 1.68. The number of hydrogen-bond acceptors (Lipinski definition) is 2. The molecule has 0 fully saturated rings. The lowest BCUT2D eigenvalue weighted by molar-refractivity contribution is 0.474. The maximum absolute atomic E-state index is 9.35. The van der Waals surface area contributed by atoms with Gasteiger partial charge in [-0.15, -0.1) is 0 Å². The standard InChI is InChI=1S/C9H12ClNO/c1-6-3-7(5-11-2)4-8(12)9(6)10/h3-4,11-12H,5H2,1-2H3. The van der Waals surface area contributed by atoms with E-state index in [0.717, 1.165) is 17.7 Å². The summed E-state index contributed by atoms with van der Waals surface area (Å²) in [6, 6.07) is 3.63. The summed E-state index contributed by atoms with van der Waals surface area (Å²) in [6.07, 6.45) is 0. The van der Waals surface area contributed by atoms with Crippen LogP contribution in [0.15, 0.2) is 12.1 Å². The van der Waals surface area contributed by atoms with Gasteiger partial charge in [-0.3, -0.25) is 0 Å². The minimum Gasteiger partial charge on any atom is -0.506 e. The number of phenols is 1. The highest BCUT2D eigenvalue weighted by Gasteiger charge is 2.03. The molecule has 0 atom stereocenters. The number of phenolic OH excluding ortho intramolecular Hbond substituents is 1. The van der Waals surface area contributed by atoms with E-state index >= 15 is 0 Å². The first kappa shape index (κ1) is 9.36. The lowest BCUT2D eigenvalue weighted by Crippen LogP contribution is -2.04. The summed E-state index contributed by atoms with van der Waals surface area (Å²) in [5.74, 6) is 0.155. The van der Waals surface area contributed by atoms with Crippen LogP contribution in [0.2, 0.25) is 5.02 Å². The summed E-state index contributed by atoms with van der Waals surface area (Å²) in [5, 5.41) is 12.8. The Balaban J connectivity index is 3.04. The van der Waals surface area contributed by atoms with E-state index in [1.807, 2.05) is 20.0 Å². The monoisotopic (exact) mass is 185 g/mol. The molecule has 0 amide bonds. The molecular formula is C9H12ClNO. The molecule has 0 spiro atoms. The Morgan fingerprint density at radius 2 is 2.17 bits per heavy atom. The highest BCUT2D eigenvalue weighted by atomic mass is 35.5. The van der Waals surface area contributed by atoms with Gasteiger partial charge in [-0.1, -0.05) is 17.7 Å². The fourth-order valence-corrected chi connectivity index (χ4v) is 1.24. The van der Waals surface area contributed by atoms with Crippen LogP contribution in [0, 0.1) is 6.92 Å². The maximum Gasteiger partial charge on any atom is 0.134 e. The molecule has 0 bridgehead atoms. The SMILES string of the molecule is CNCc1cc(C)c(Cl)c(O)c1. The van der Waals surface area contributed by atoms with Crippen molar-refractivity contribution < 1.29 is 5.11 Å². The van der Waals surface area contributed by atoms with Gasteiger partial charge in [0, 0.05) is 6.54 Å². The highest BCUT2D eigenvalue weighted by Crippen LogP contribution is 2.27. The van der Waals surface area contributed by atoms with Crippen LogP contribution in [-0.4, -0.2) is 12.2 Å². The molecular weight excluding hydrogens is 174 g/mol. The van der Waals surface area contributed by atoms with Gasteiger partial charge in [0.15, 0.2) is 0 Å². The zero-order valence-corrected chi connectivity index (χ0v) is 7.94. The van der Waals surface area contributed by atoms with Crippen molar-refractivity contribution in [2.24, 2.45) is 0 Å². The summed E-state index contributed by atoms with van der Waals surface area (Å²) in [7, 11) is 1.86. The van der Waals surface area contributed by atoms with Crippen LogP contribution in [0.5, 0.6) is 5.75 Å². The van der Waals surface area contributed by atoms with E-state index in [2.05, 4.69) is 5.32 Å². The normalized spacial score (nSPS) is 10.2. The van der Waals surface area contributed by atoms with Crippen molar-refractivity contribution in [3.05, 3.63) is 28.3 Å². The van der Waals surface area contributed by atoms with Gasteiger partial charge in [-0.2, -0.15) is 0 Å². The molecule has 0 radical (unpaired) electrons. The third-order valence-corrected chi connectivity index (χ3v) is 2.17. The van der Waals surface area contributed by atoms with Crippen LogP contribution in [0.4, 0.5) is 0 Å². The zero-order valence-electron chi connectivity index (χ0n) is 7.19. The molecule has 0 aromatic heterocycles. The Morgan fingerprint density at radius 1 is 1.50 bits per heavy atom. The molecule has 0 aliphatic heterocycles. The molecule has 66 valence electrons. The van der Waals surface area contributed by atoms with Gasteiger partial charge < -0.3 is 10.4 Å². The number of halogens is 1. The first-order valence-electron chi connectivity index (χ1n) is 3.77. The zero-order chi connectivity index (χ0) is 9.14. The second-order valence-corrected chi connectivity index (χ2v) is 3.15. The lowest BCUT2D eigenvalue weighted by Gasteiger charge is -2.05. The summed E-state index contributed by atoms with van der Waals surface area (Å²) < 4.78 is 0. The average molecular weight is 186 g/mol. The van der Waals surface area contributed by atoms with Crippen molar-refractivity contribution in [1.82, 2.24) is 5.32 Å². The van der Waals surface area contributed by atoms with Crippen molar-refractivity contribution in [3.8, 4) is 5.75 Å². The number of aromatic hydroxyl groups is 1. The molecule has 2 nitrogen and oxygen atoms in total. The molecule has 1 rings (SSSR count). The van der Waals surface area contributed by atoms with E-state index in [1.165, 1.54) is 0 Å². The van der Waals surface area contributed by atoms with E-state index in [9.17, 15) is 5.11 Å². The minimum absolute atomic E-state index is 0.155. The van der Waals surface area contributed by atoms with Crippen molar-refractivity contribution in [3.63, 3.8) is 0 Å². The van der Waals surface area contributed by atoms with Crippen molar-refractivity contribution >= 4 is 11.6 Å². The van der Waals surface area contributed by atoms with Gasteiger partial charge in [0.2, 0.25) is 0 Å². The minimum atomic E-state index is 0.155. The van der Waals surface area contributed by atoms with Crippen molar-refractivity contribution in [2.45, 2.75) is 13.5 Å². The smallest absolute Gasteiger partial charge is 0.134 e. The van der Waals surface area contributed by atoms with Crippen LogP contribution in [0.1, 0.15) is 11.1 Å². The van der Waals surface area contributed by atoms with Gasteiger partial charge in [-0.05, 0) is 31.2 Å². The van der Waals surface area contributed by atoms with E-state index in [0.29, 0.717) is 5.02 Å². The maximum atomic E-state index is 9.35.